The highest BCUT2D eigenvalue weighted by atomic mass is 16.3. The molecule has 0 unspecified atom stereocenters. The van der Waals surface area contributed by atoms with Gasteiger partial charge in [-0.25, -0.2) is 0 Å². The van der Waals surface area contributed by atoms with Crippen molar-refractivity contribution < 1.29 is 8.83 Å². The van der Waals surface area contributed by atoms with Crippen LogP contribution < -0.4 is 9.80 Å². The molecule has 0 radical (unpaired) electrons. The Balaban J connectivity index is 0.791. The van der Waals surface area contributed by atoms with Gasteiger partial charge in [0.05, 0.1) is 22.7 Å². The van der Waals surface area contributed by atoms with Crippen LogP contribution in [0.5, 0.6) is 0 Å². The molecule has 0 spiro atoms. The second kappa shape index (κ2) is 17.5. The van der Waals surface area contributed by atoms with Crippen LogP contribution in [0, 0.1) is 47.3 Å². The van der Waals surface area contributed by atoms with Crippen molar-refractivity contribution in [2.24, 2.45) is 47.3 Å². The topological polar surface area (TPSA) is 32.8 Å². The minimum Gasteiger partial charge on any atom is -0.454 e. The van der Waals surface area contributed by atoms with Gasteiger partial charge in [-0.15, -0.1) is 0 Å². The number of furan rings is 2. The number of nitrogens with zero attached hydrogens (tertiary/aromatic N) is 2. The molecule has 8 saturated carbocycles. The maximum atomic E-state index is 7.63. The Morgan fingerprint density at radius 1 is 0.262 bits per heavy atom. The van der Waals surface area contributed by atoms with Crippen LogP contribution in [0.2, 0.25) is 0 Å². The molecule has 406 valence electrons. The lowest BCUT2D eigenvalue weighted by atomic mass is 9.50. The first-order chi connectivity index (χ1) is 41.6. The van der Waals surface area contributed by atoms with E-state index >= 15 is 0 Å². The third kappa shape index (κ3) is 6.60. The lowest BCUT2D eigenvalue weighted by Gasteiger charge is -2.54. The number of hydrogen-bond acceptors (Lipinski definition) is 4. The summed E-state index contributed by atoms with van der Waals surface area (Å²) in [5.74, 6) is 7.65. The zero-order valence-corrected chi connectivity index (χ0v) is 47.2. The summed E-state index contributed by atoms with van der Waals surface area (Å²) >= 11 is 0. The minimum atomic E-state index is 0.538. The summed E-state index contributed by atoms with van der Waals surface area (Å²) in [5, 5.41) is 17.5. The lowest BCUT2D eigenvalue weighted by Crippen LogP contribution is -2.43. The SMILES string of the molecule is c1ccc(N(c2ccc3ccc4c(N(c5ccccc5)c5cccc6c5oc5c(C7C8CC9CC(C8)CC7C9)cc7ccccc7c56)ccc5ccc2c3c54)c2cccc3c2oc2c(C4C5CC6CC(C5)CC4C6)cc4ccccc4c23)cc1. The first-order valence-electron chi connectivity index (χ1n) is 31.7. The van der Waals surface area contributed by atoms with E-state index < -0.39 is 0 Å². The molecule has 0 saturated heterocycles. The Bertz CT molecular complexity index is 4660. The van der Waals surface area contributed by atoms with Crippen LogP contribution in [0.15, 0.2) is 215 Å². The average Bonchev–Trinajstić information content (AvgIpc) is 3.27. The first kappa shape index (κ1) is 46.8. The van der Waals surface area contributed by atoms with Crippen molar-refractivity contribution in [1.29, 1.82) is 0 Å². The average molecular weight is 1090 g/mol. The third-order valence-electron chi connectivity index (χ3n) is 22.8. The second-order valence-corrected chi connectivity index (χ2v) is 27.1. The van der Waals surface area contributed by atoms with Crippen molar-refractivity contribution in [2.45, 2.75) is 76.0 Å². The quantitative estimate of drug-likeness (QED) is 0.142. The molecule has 8 aliphatic rings. The van der Waals surface area contributed by atoms with Gasteiger partial charge < -0.3 is 18.6 Å². The highest BCUT2D eigenvalue weighted by molar-refractivity contribution is 6.30. The molecule has 4 heteroatoms. The molecule has 2 aromatic heterocycles. The van der Waals surface area contributed by atoms with E-state index in [1.54, 1.807) is 0 Å². The zero-order chi connectivity index (χ0) is 54.5. The summed E-state index contributed by atoms with van der Waals surface area (Å²) < 4.78 is 15.3. The number of para-hydroxylation sites is 4. The molecule has 8 fully saturated rings. The molecule has 14 aromatic rings. The zero-order valence-electron chi connectivity index (χ0n) is 47.2. The van der Waals surface area contributed by atoms with Crippen LogP contribution in [0.25, 0.3) is 97.7 Å². The van der Waals surface area contributed by atoms with Gasteiger partial charge in [0.2, 0.25) is 0 Å². The van der Waals surface area contributed by atoms with Crippen molar-refractivity contribution in [3.8, 4) is 0 Å². The smallest absolute Gasteiger partial charge is 0.159 e. The van der Waals surface area contributed by atoms with Crippen LogP contribution in [0.4, 0.5) is 34.1 Å². The predicted octanol–water partition coefficient (Wildman–Crippen LogP) is 22.7. The molecular formula is C80H64N2O2. The Morgan fingerprint density at radius 2 is 0.631 bits per heavy atom. The number of benzene rings is 12. The van der Waals surface area contributed by atoms with Crippen molar-refractivity contribution in [3.63, 3.8) is 0 Å². The van der Waals surface area contributed by atoms with E-state index in [1.165, 1.54) is 151 Å². The van der Waals surface area contributed by atoms with E-state index in [0.29, 0.717) is 11.8 Å². The standard InChI is InChI=1S/C80H64N2O2/c1-3-15-57(16-4-1)81(69-23-11-21-63-75-59-19-9-7-13-51(59)43-65(79(75)83-77(63)69)71-53-35-45-33-46(37-53)38-54(71)36-45)67-31-27-49-26-30-62-68(32-28-50-25-29-61(67)73(49)74(50)62)82(58-17-5-2-6-18-58)70-24-12-22-64-76-60-20-10-8-14-52(60)44-66(80(76)84-78(64)70)72-55-39-47-34-48(41-55)42-56(72)40-47/h1-32,43-48,53-56,71-72H,33-42H2. The van der Waals surface area contributed by atoms with Gasteiger partial charge in [0.1, 0.15) is 11.2 Å². The van der Waals surface area contributed by atoms with Gasteiger partial charge in [-0.05, 0) is 238 Å². The van der Waals surface area contributed by atoms with E-state index in [0.717, 1.165) is 104 Å². The summed E-state index contributed by atoms with van der Waals surface area (Å²) in [5.41, 5.74) is 13.5. The first-order valence-corrected chi connectivity index (χ1v) is 31.7. The molecular weight excluding hydrogens is 1020 g/mol. The molecule has 0 aliphatic heterocycles. The molecule has 8 bridgehead atoms. The minimum absolute atomic E-state index is 0.538. The summed E-state index contributed by atoms with van der Waals surface area (Å²) in [6.07, 6.45) is 13.9. The molecule has 22 rings (SSSR count). The van der Waals surface area contributed by atoms with Gasteiger partial charge in [-0.1, -0.05) is 146 Å². The molecule has 12 aromatic carbocycles. The maximum absolute atomic E-state index is 7.63. The summed E-state index contributed by atoms with van der Waals surface area (Å²) in [6.45, 7) is 0. The van der Waals surface area contributed by atoms with Crippen LogP contribution in [0.1, 0.15) is 87.2 Å². The summed E-state index contributed by atoms with van der Waals surface area (Å²) in [6, 6.07) is 77.9. The predicted molar refractivity (Wildman–Crippen MR) is 349 cm³/mol. The van der Waals surface area contributed by atoms with Gasteiger partial charge in [0.15, 0.2) is 11.2 Å². The summed E-state index contributed by atoms with van der Waals surface area (Å²) in [4.78, 5) is 4.98. The number of hydrogen-bond donors (Lipinski definition) is 0. The van der Waals surface area contributed by atoms with Gasteiger partial charge in [0.25, 0.3) is 0 Å². The van der Waals surface area contributed by atoms with E-state index in [-0.39, 0.29) is 0 Å². The Labute approximate surface area is 488 Å². The molecule has 0 amide bonds. The molecule has 2 heterocycles. The van der Waals surface area contributed by atoms with Gasteiger partial charge in [-0.3, -0.25) is 0 Å². The van der Waals surface area contributed by atoms with Crippen LogP contribution >= 0.6 is 0 Å². The third-order valence-corrected chi connectivity index (χ3v) is 22.8. The number of anilines is 6. The van der Waals surface area contributed by atoms with E-state index in [4.69, 9.17) is 8.83 Å². The normalized spacial score (nSPS) is 25.1. The fourth-order valence-corrected chi connectivity index (χ4v) is 20.2. The lowest BCUT2D eigenvalue weighted by molar-refractivity contribution is -0.00258. The van der Waals surface area contributed by atoms with Crippen molar-refractivity contribution in [2.75, 3.05) is 9.80 Å². The van der Waals surface area contributed by atoms with E-state index in [1.807, 2.05) is 0 Å². The highest BCUT2D eigenvalue weighted by Gasteiger charge is 2.51. The van der Waals surface area contributed by atoms with Crippen LogP contribution in [-0.4, -0.2) is 0 Å². The molecule has 84 heavy (non-hydrogen) atoms. The summed E-state index contributed by atoms with van der Waals surface area (Å²) in [7, 11) is 0. The van der Waals surface area contributed by atoms with E-state index in [9.17, 15) is 0 Å². The van der Waals surface area contributed by atoms with Crippen LogP contribution in [-0.2, 0) is 0 Å². The number of rotatable bonds is 8. The fourth-order valence-electron chi connectivity index (χ4n) is 20.2. The van der Waals surface area contributed by atoms with Gasteiger partial charge >= 0.3 is 0 Å². The van der Waals surface area contributed by atoms with E-state index in [2.05, 4.69) is 216 Å². The van der Waals surface area contributed by atoms with Crippen molar-refractivity contribution >= 4 is 132 Å². The highest BCUT2D eigenvalue weighted by Crippen LogP contribution is 2.63. The second-order valence-electron chi connectivity index (χ2n) is 27.1. The fraction of sp³-hybridized carbons (Fsp3) is 0.250. The van der Waals surface area contributed by atoms with Gasteiger partial charge in [0, 0.05) is 43.7 Å². The molecule has 0 N–H and O–H groups in total. The molecule has 0 atom stereocenters. The molecule has 8 aliphatic carbocycles. The monoisotopic (exact) mass is 1080 g/mol. The molecule has 4 nitrogen and oxygen atoms in total. The van der Waals surface area contributed by atoms with Gasteiger partial charge in [-0.2, -0.15) is 0 Å². The van der Waals surface area contributed by atoms with Crippen molar-refractivity contribution in [3.05, 3.63) is 217 Å². The Hall–Kier alpha value is -8.60. The maximum Gasteiger partial charge on any atom is 0.159 e. The Morgan fingerprint density at radius 3 is 1.05 bits per heavy atom. The van der Waals surface area contributed by atoms with Crippen molar-refractivity contribution in [1.82, 2.24) is 0 Å². The number of fused-ring (bicyclic) bond motifs is 10. The largest absolute Gasteiger partial charge is 0.454 e. The Kier molecular flexibility index (Phi) is 9.75. The van der Waals surface area contributed by atoms with Crippen LogP contribution in [0.3, 0.4) is 0 Å².